The first kappa shape index (κ1) is 26.2. The lowest BCUT2D eigenvalue weighted by Gasteiger charge is -2.31. The van der Waals surface area contributed by atoms with Crippen molar-refractivity contribution in [2.24, 2.45) is 5.92 Å². The summed E-state index contributed by atoms with van der Waals surface area (Å²) in [6.45, 7) is 8.37. The van der Waals surface area contributed by atoms with E-state index in [1.165, 1.54) is 4.31 Å². The van der Waals surface area contributed by atoms with Gasteiger partial charge in [-0.25, -0.2) is 13.2 Å². The molecule has 0 spiro atoms. The van der Waals surface area contributed by atoms with Crippen molar-refractivity contribution in [1.29, 1.82) is 0 Å². The van der Waals surface area contributed by atoms with Gasteiger partial charge in [-0.15, -0.1) is 0 Å². The largest absolute Gasteiger partial charge is 0.462 e. The number of rotatable bonds is 8. The molecule has 186 valence electrons. The molecule has 8 nitrogen and oxygen atoms in total. The Bertz CT molecular complexity index is 1160. The van der Waals surface area contributed by atoms with E-state index in [-0.39, 0.29) is 29.5 Å². The number of nitrogens with zero attached hydrogens (tertiary/aromatic N) is 2. The molecule has 34 heavy (non-hydrogen) atoms. The fourth-order valence-electron chi connectivity index (χ4n) is 4.53. The third kappa shape index (κ3) is 5.31. The molecule has 1 aromatic heterocycles. The van der Waals surface area contributed by atoms with E-state index in [0.717, 1.165) is 5.56 Å². The molecule has 3 rings (SSSR count). The SMILES string of the molecule is CCOC(=O)c1c(S(=O)(=O)N2CCCC(C(=O)NCc3ccc(Cl)cc3)C2)c(C)n(CC)c1C. The Morgan fingerprint density at radius 3 is 2.44 bits per heavy atom. The average molecular weight is 510 g/mol. The summed E-state index contributed by atoms with van der Waals surface area (Å²) in [6.07, 6.45) is 1.15. The molecule has 0 aliphatic carbocycles. The van der Waals surface area contributed by atoms with E-state index in [1.54, 1.807) is 37.5 Å². The molecule has 0 bridgehead atoms. The number of esters is 1. The Labute approximate surface area is 206 Å². The minimum Gasteiger partial charge on any atom is -0.462 e. The molecule has 1 aliphatic rings. The Morgan fingerprint density at radius 1 is 1.15 bits per heavy atom. The number of nitrogens with one attached hydrogen (secondary N) is 1. The van der Waals surface area contributed by atoms with Gasteiger partial charge in [0, 0.05) is 42.6 Å². The van der Waals surface area contributed by atoms with Gasteiger partial charge < -0.3 is 14.6 Å². The number of ether oxygens (including phenoxy) is 1. The van der Waals surface area contributed by atoms with Gasteiger partial charge >= 0.3 is 5.97 Å². The summed E-state index contributed by atoms with van der Waals surface area (Å²) in [5, 5.41) is 3.52. The number of hydrogen-bond acceptors (Lipinski definition) is 5. The Kier molecular flexibility index (Phi) is 8.43. The van der Waals surface area contributed by atoms with Gasteiger partial charge in [-0.2, -0.15) is 4.31 Å². The van der Waals surface area contributed by atoms with Crippen LogP contribution < -0.4 is 5.32 Å². The number of carbonyl (C=O) groups is 2. The second-order valence-corrected chi connectivity index (χ2v) is 10.7. The average Bonchev–Trinajstić information content (AvgIpc) is 3.08. The molecular weight excluding hydrogens is 478 g/mol. The maximum Gasteiger partial charge on any atom is 0.341 e. The molecule has 2 aromatic rings. The molecule has 10 heteroatoms. The fraction of sp³-hybridized carbons (Fsp3) is 0.500. The van der Waals surface area contributed by atoms with Crippen molar-refractivity contribution in [3.05, 3.63) is 51.8 Å². The predicted octanol–water partition coefficient (Wildman–Crippen LogP) is 3.67. The Morgan fingerprint density at radius 2 is 1.82 bits per heavy atom. The lowest BCUT2D eigenvalue weighted by molar-refractivity contribution is -0.126. The van der Waals surface area contributed by atoms with Gasteiger partial charge in [-0.05, 0) is 58.2 Å². The van der Waals surface area contributed by atoms with Crippen molar-refractivity contribution in [1.82, 2.24) is 14.2 Å². The van der Waals surface area contributed by atoms with Crippen LogP contribution in [0.4, 0.5) is 0 Å². The molecule has 1 amide bonds. The molecule has 1 saturated heterocycles. The highest BCUT2D eigenvalue weighted by molar-refractivity contribution is 7.89. The van der Waals surface area contributed by atoms with Gasteiger partial charge in [-0.1, -0.05) is 23.7 Å². The summed E-state index contributed by atoms with van der Waals surface area (Å²) in [5.74, 6) is -1.32. The number of piperidine rings is 1. The number of carbonyl (C=O) groups excluding carboxylic acids is 2. The molecule has 1 atom stereocenters. The second kappa shape index (κ2) is 10.9. The topological polar surface area (TPSA) is 97.7 Å². The van der Waals surface area contributed by atoms with Crippen LogP contribution in [-0.4, -0.2) is 48.9 Å². The normalized spacial score (nSPS) is 16.9. The van der Waals surface area contributed by atoms with Crippen LogP contribution in [0.2, 0.25) is 5.02 Å². The van der Waals surface area contributed by atoms with Crippen molar-refractivity contribution in [3.63, 3.8) is 0 Å². The van der Waals surface area contributed by atoms with Crippen molar-refractivity contribution >= 4 is 33.5 Å². The smallest absolute Gasteiger partial charge is 0.341 e. The van der Waals surface area contributed by atoms with Crippen LogP contribution in [0, 0.1) is 19.8 Å². The zero-order valence-corrected chi connectivity index (χ0v) is 21.6. The zero-order valence-electron chi connectivity index (χ0n) is 20.1. The van der Waals surface area contributed by atoms with Crippen LogP contribution in [0.3, 0.4) is 0 Å². The van der Waals surface area contributed by atoms with Gasteiger partial charge in [0.25, 0.3) is 0 Å². The van der Waals surface area contributed by atoms with E-state index in [0.29, 0.717) is 48.9 Å². The minimum absolute atomic E-state index is 0.0208. The second-order valence-electron chi connectivity index (χ2n) is 8.39. The van der Waals surface area contributed by atoms with Gasteiger partial charge in [0.1, 0.15) is 10.5 Å². The quantitative estimate of drug-likeness (QED) is 0.547. The molecule has 1 aliphatic heterocycles. The van der Waals surface area contributed by atoms with Crippen LogP contribution in [0.15, 0.2) is 29.2 Å². The predicted molar refractivity (Wildman–Crippen MR) is 130 cm³/mol. The molecule has 1 fully saturated rings. The van der Waals surface area contributed by atoms with Crippen LogP contribution in [0.5, 0.6) is 0 Å². The first-order valence-electron chi connectivity index (χ1n) is 11.5. The van der Waals surface area contributed by atoms with E-state index in [2.05, 4.69) is 5.32 Å². The van der Waals surface area contributed by atoms with E-state index in [9.17, 15) is 18.0 Å². The summed E-state index contributed by atoms with van der Waals surface area (Å²) in [5.41, 5.74) is 2.04. The van der Waals surface area contributed by atoms with Gasteiger partial charge in [0.05, 0.1) is 12.5 Å². The molecule has 0 saturated carbocycles. The minimum atomic E-state index is -4.02. The highest BCUT2D eigenvalue weighted by Crippen LogP contribution is 2.32. The standard InChI is InChI=1S/C24H32ClN3O5S/c1-5-28-16(3)21(24(30)33-6-2)22(17(28)4)34(31,32)27-13-7-8-19(15-27)23(29)26-14-18-9-11-20(25)12-10-18/h9-12,19H,5-8,13-15H2,1-4H3,(H,26,29). The lowest BCUT2D eigenvalue weighted by Crippen LogP contribution is -2.45. The third-order valence-electron chi connectivity index (χ3n) is 6.26. The highest BCUT2D eigenvalue weighted by atomic mass is 35.5. The van der Waals surface area contributed by atoms with E-state index in [1.807, 2.05) is 19.1 Å². The number of amides is 1. The summed E-state index contributed by atoms with van der Waals surface area (Å²) >= 11 is 5.90. The maximum absolute atomic E-state index is 13.8. The maximum atomic E-state index is 13.8. The van der Waals surface area contributed by atoms with Crippen LogP contribution >= 0.6 is 11.6 Å². The van der Waals surface area contributed by atoms with E-state index >= 15 is 0 Å². The Balaban J connectivity index is 1.83. The van der Waals surface area contributed by atoms with Gasteiger partial charge in [0.15, 0.2) is 0 Å². The summed E-state index contributed by atoms with van der Waals surface area (Å²) < 4.78 is 35.8. The monoisotopic (exact) mass is 509 g/mol. The lowest BCUT2D eigenvalue weighted by atomic mass is 9.99. The van der Waals surface area contributed by atoms with E-state index in [4.69, 9.17) is 16.3 Å². The van der Waals surface area contributed by atoms with Crippen molar-refractivity contribution in [3.8, 4) is 0 Å². The van der Waals surface area contributed by atoms with Gasteiger partial charge in [0.2, 0.25) is 15.9 Å². The molecule has 1 unspecified atom stereocenters. The van der Waals surface area contributed by atoms with Crippen molar-refractivity contribution in [2.75, 3.05) is 19.7 Å². The van der Waals surface area contributed by atoms with Gasteiger partial charge in [-0.3, -0.25) is 4.79 Å². The third-order valence-corrected chi connectivity index (χ3v) is 8.53. The summed E-state index contributed by atoms with van der Waals surface area (Å²) in [7, 11) is -4.02. The van der Waals surface area contributed by atoms with Crippen LogP contribution in [0.25, 0.3) is 0 Å². The summed E-state index contributed by atoms with van der Waals surface area (Å²) in [6, 6.07) is 7.18. The van der Waals surface area contributed by atoms with Crippen LogP contribution in [0.1, 0.15) is 54.0 Å². The highest BCUT2D eigenvalue weighted by Gasteiger charge is 2.39. The van der Waals surface area contributed by atoms with Crippen molar-refractivity contribution < 1.29 is 22.7 Å². The first-order chi connectivity index (χ1) is 16.1. The molecule has 0 radical (unpaired) electrons. The number of halogens is 1. The van der Waals surface area contributed by atoms with Crippen molar-refractivity contribution in [2.45, 2.75) is 58.5 Å². The number of hydrogen-bond donors (Lipinski definition) is 1. The molecule has 1 N–H and O–H groups in total. The molecule has 1 aromatic carbocycles. The zero-order chi connectivity index (χ0) is 25.0. The number of aromatic nitrogens is 1. The molecular formula is C24H32ClN3O5S. The van der Waals surface area contributed by atoms with E-state index < -0.39 is 21.9 Å². The number of benzene rings is 1. The summed E-state index contributed by atoms with van der Waals surface area (Å²) in [4.78, 5) is 25.5. The first-order valence-corrected chi connectivity index (χ1v) is 13.3. The Hall–Kier alpha value is -2.36. The number of sulfonamides is 1. The fourth-order valence-corrected chi connectivity index (χ4v) is 6.63. The molecule has 2 heterocycles. The van der Waals surface area contributed by atoms with Crippen LogP contribution in [-0.2, 0) is 32.6 Å².